The first-order chi connectivity index (χ1) is 18.2. The van der Waals surface area contributed by atoms with E-state index in [-0.39, 0.29) is 29.6 Å². The minimum absolute atomic E-state index is 0.0475. The Hall–Kier alpha value is -3.04. The molecule has 3 aliphatic rings. The van der Waals surface area contributed by atoms with Crippen LogP contribution in [0.2, 0.25) is 0 Å². The number of nitrogens with zero attached hydrogens (tertiary/aromatic N) is 1. The number of hydrogen-bond acceptors (Lipinski definition) is 6. The monoisotopic (exact) mass is 537 g/mol. The molecule has 8 nitrogen and oxygen atoms in total. The van der Waals surface area contributed by atoms with Crippen LogP contribution in [0.15, 0.2) is 42.5 Å². The van der Waals surface area contributed by atoms with E-state index in [2.05, 4.69) is 10.6 Å². The van der Waals surface area contributed by atoms with Crippen LogP contribution in [0.5, 0.6) is 5.75 Å². The fourth-order valence-corrected chi connectivity index (χ4v) is 8.69. The SMILES string of the molecule is CCOc1ccc(NC(=O)[C@@H]2[C@H]3C(=O)N([C@H](C)CO)C(C(=O)Nc4c(C)cccc4C)C34CC[C@H]2S4)cc1. The molecule has 3 aliphatic heterocycles. The van der Waals surface area contributed by atoms with E-state index >= 15 is 0 Å². The molecule has 1 spiro atoms. The van der Waals surface area contributed by atoms with Gasteiger partial charge in [0.1, 0.15) is 11.8 Å². The van der Waals surface area contributed by atoms with Crippen molar-refractivity contribution in [2.75, 3.05) is 23.8 Å². The van der Waals surface area contributed by atoms with Crippen molar-refractivity contribution in [3.8, 4) is 5.75 Å². The van der Waals surface area contributed by atoms with Gasteiger partial charge in [-0.3, -0.25) is 14.4 Å². The quantitative estimate of drug-likeness (QED) is 0.473. The highest BCUT2D eigenvalue weighted by Gasteiger charge is 2.74. The number of ether oxygens (including phenoxy) is 1. The average molecular weight is 538 g/mol. The van der Waals surface area contributed by atoms with Crippen molar-refractivity contribution in [3.05, 3.63) is 53.6 Å². The molecule has 202 valence electrons. The third kappa shape index (κ3) is 4.25. The van der Waals surface area contributed by atoms with Crippen LogP contribution >= 0.6 is 11.8 Å². The molecular weight excluding hydrogens is 502 g/mol. The maximum absolute atomic E-state index is 14.0. The molecule has 2 bridgehead atoms. The van der Waals surface area contributed by atoms with Gasteiger partial charge in [-0.05, 0) is 75.9 Å². The zero-order chi connectivity index (χ0) is 27.2. The number of aryl methyl sites for hydroxylation is 2. The van der Waals surface area contributed by atoms with E-state index in [1.165, 1.54) is 0 Å². The van der Waals surface area contributed by atoms with E-state index in [0.717, 1.165) is 29.0 Å². The number of fused-ring (bicyclic) bond motifs is 1. The molecule has 3 fully saturated rings. The number of aliphatic hydroxyl groups is 1. The molecule has 0 aromatic heterocycles. The summed E-state index contributed by atoms with van der Waals surface area (Å²) in [6, 6.07) is 11.7. The number of hydrogen-bond donors (Lipinski definition) is 3. The summed E-state index contributed by atoms with van der Waals surface area (Å²) in [5, 5.41) is 16.1. The van der Waals surface area contributed by atoms with Crippen molar-refractivity contribution in [2.45, 2.75) is 62.6 Å². The number of nitrogens with one attached hydrogen (secondary N) is 2. The molecule has 9 heteroatoms. The van der Waals surface area contributed by atoms with Gasteiger partial charge in [0, 0.05) is 16.6 Å². The highest BCUT2D eigenvalue weighted by Crippen LogP contribution is 2.66. The third-order valence-electron chi connectivity index (χ3n) is 8.19. The number of aliphatic hydroxyl groups excluding tert-OH is 1. The number of carbonyl (C=O) groups is 3. The second-order valence-corrected chi connectivity index (χ2v) is 12.1. The first kappa shape index (κ1) is 26.6. The lowest BCUT2D eigenvalue weighted by Gasteiger charge is -2.36. The summed E-state index contributed by atoms with van der Waals surface area (Å²) in [7, 11) is 0. The first-order valence-corrected chi connectivity index (χ1v) is 14.1. The van der Waals surface area contributed by atoms with Gasteiger partial charge in [-0.25, -0.2) is 0 Å². The van der Waals surface area contributed by atoms with E-state index in [1.54, 1.807) is 47.9 Å². The fourth-order valence-electron chi connectivity index (χ4n) is 6.48. The van der Waals surface area contributed by atoms with Crippen LogP contribution in [0.25, 0.3) is 0 Å². The molecule has 2 aromatic carbocycles. The lowest BCUT2D eigenvalue weighted by molar-refractivity contribution is -0.140. The Morgan fingerprint density at radius 1 is 1.13 bits per heavy atom. The van der Waals surface area contributed by atoms with Crippen molar-refractivity contribution in [1.29, 1.82) is 0 Å². The van der Waals surface area contributed by atoms with Crippen molar-refractivity contribution in [1.82, 2.24) is 4.90 Å². The lowest BCUT2D eigenvalue weighted by atomic mass is 9.70. The molecule has 2 unspecified atom stereocenters. The van der Waals surface area contributed by atoms with E-state index in [9.17, 15) is 19.5 Å². The Labute approximate surface area is 227 Å². The molecule has 6 atom stereocenters. The van der Waals surface area contributed by atoms with Gasteiger partial charge in [0.15, 0.2) is 0 Å². The molecule has 0 radical (unpaired) electrons. The molecule has 5 rings (SSSR count). The number of para-hydroxylation sites is 1. The summed E-state index contributed by atoms with van der Waals surface area (Å²) in [6.07, 6.45) is 1.43. The summed E-state index contributed by atoms with van der Waals surface area (Å²) < 4.78 is 4.77. The molecule has 38 heavy (non-hydrogen) atoms. The minimum atomic E-state index is -0.778. The van der Waals surface area contributed by atoms with Gasteiger partial charge in [-0.15, -0.1) is 11.8 Å². The molecule has 3 saturated heterocycles. The van der Waals surface area contributed by atoms with E-state index in [0.29, 0.717) is 18.7 Å². The summed E-state index contributed by atoms with van der Waals surface area (Å²) >= 11 is 1.61. The van der Waals surface area contributed by atoms with Crippen LogP contribution in [-0.2, 0) is 14.4 Å². The third-order valence-corrected chi connectivity index (χ3v) is 10.1. The number of amides is 3. The van der Waals surface area contributed by atoms with Gasteiger partial charge in [0.2, 0.25) is 17.7 Å². The minimum Gasteiger partial charge on any atom is -0.494 e. The lowest BCUT2D eigenvalue weighted by Crippen LogP contribution is -2.54. The van der Waals surface area contributed by atoms with Crippen LogP contribution in [0.1, 0.15) is 37.8 Å². The average Bonchev–Trinajstić information content (AvgIpc) is 3.54. The Bertz CT molecular complexity index is 1230. The van der Waals surface area contributed by atoms with Crippen molar-refractivity contribution >= 4 is 40.9 Å². The van der Waals surface area contributed by atoms with Gasteiger partial charge in [0.05, 0.1) is 35.8 Å². The number of likely N-dealkylation sites (tertiary alicyclic amines) is 1. The molecule has 2 aromatic rings. The van der Waals surface area contributed by atoms with Gasteiger partial charge < -0.3 is 25.4 Å². The molecular formula is C29H35N3O5S. The molecule has 3 amide bonds. The number of thioether (sulfide) groups is 1. The Kier molecular flexibility index (Phi) is 7.17. The van der Waals surface area contributed by atoms with Gasteiger partial charge >= 0.3 is 0 Å². The Morgan fingerprint density at radius 2 is 1.82 bits per heavy atom. The van der Waals surface area contributed by atoms with Crippen molar-refractivity contribution in [2.24, 2.45) is 11.8 Å². The summed E-state index contributed by atoms with van der Waals surface area (Å²) in [6.45, 7) is 7.83. The fraction of sp³-hybridized carbons (Fsp3) is 0.483. The number of carbonyl (C=O) groups excluding carboxylic acids is 3. The number of anilines is 2. The van der Waals surface area contributed by atoms with Gasteiger partial charge in [0.25, 0.3) is 0 Å². The first-order valence-electron chi connectivity index (χ1n) is 13.2. The Balaban J connectivity index is 1.45. The maximum atomic E-state index is 14.0. The van der Waals surface area contributed by atoms with E-state index in [4.69, 9.17) is 4.74 Å². The summed E-state index contributed by atoms with van der Waals surface area (Å²) in [5.74, 6) is -1.17. The van der Waals surface area contributed by atoms with Gasteiger partial charge in [-0.2, -0.15) is 0 Å². The number of benzene rings is 2. The van der Waals surface area contributed by atoms with E-state index < -0.39 is 28.7 Å². The normalized spacial score (nSPS) is 28.2. The van der Waals surface area contributed by atoms with Crippen molar-refractivity contribution in [3.63, 3.8) is 0 Å². The van der Waals surface area contributed by atoms with Gasteiger partial charge in [-0.1, -0.05) is 18.2 Å². The van der Waals surface area contributed by atoms with Crippen LogP contribution in [0.3, 0.4) is 0 Å². The largest absolute Gasteiger partial charge is 0.494 e. The summed E-state index contributed by atoms with van der Waals surface area (Å²) in [5.41, 5.74) is 3.25. The van der Waals surface area contributed by atoms with Crippen LogP contribution in [0.4, 0.5) is 11.4 Å². The topological polar surface area (TPSA) is 108 Å². The molecule has 3 heterocycles. The molecule has 0 saturated carbocycles. The maximum Gasteiger partial charge on any atom is 0.248 e. The second kappa shape index (κ2) is 10.3. The predicted octanol–water partition coefficient (Wildman–Crippen LogP) is 3.75. The summed E-state index contributed by atoms with van der Waals surface area (Å²) in [4.78, 5) is 43.1. The predicted molar refractivity (Wildman–Crippen MR) is 148 cm³/mol. The zero-order valence-electron chi connectivity index (χ0n) is 22.2. The number of rotatable bonds is 8. The van der Waals surface area contributed by atoms with Crippen LogP contribution in [-0.4, -0.2) is 63.0 Å². The smallest absolute Gasteiger partial charge is 0.248 e. The van der Waals surface area contributed by atoms with Crippen molar-refractivity contribution < 1.29 is 24.2 Å². The highest BCUT2D eigenvalue weighted by molar-refractivity contribution is 8.02. The molecule has 3 N–H and O–H groups in total. The van der Waals surface area contributed by atoms with Crippen LogP contribution in [0, 0.1) is 25.7 Å². The standard InChI is InChI=1S/C29H35N3O5S/c1-5-37-20-11-9-19(10-12-20)30-26(34)22-21-13-14-29(38-21)23(22)28(36)32(18(4)15-33)25(29)27(35)31-24-16(2)7-6-8-17(24)3/h6-12,18,21-23,25,33H,5,13-15H2,1-4H3,(H,30,34)(H,31,35)/t18-,21-,22+,23+,25?,29?/m1/s1. The van der Waals surface area contributed by atoms with E-state index in [1.807, 2.05) is 39.0 Å². The molecule has 0 aliphatic carbocycles. The zero-order valence-corrected chi connectivity index (χ0v) is 23.0. The highest BCUT2D eigenvalue weighted by atomic mass is 32.2. The van der Waals surface area contributed by atoms with Crippen LogP contribution < -0.4 is 15.4 Å². The second-order valence-electron chi connectivity index (χ2n) is 10.5. The Morgan fingerprint density at radius 3 is 2.45 bits per heavy atom.